The Morgan fingerprint density at radius 1 is 1.25 bits per heavy atom. The largest absolute Gasteiger partial charge is 0.389 e. The van der Waals surface area contributed by atoms with Crippen molar-refractivity contribution in [2.45, 2.75) is 22.9 Å². The molecule has 4 heteroatoms. The van der Waals surface area contributed by atoms with Gasteiger partial charge in [-0.05, 0) is 18.6 Å². The van der Waals surface area contributed by atoms with E-state index in [4.69, 9.17) is 0 Å². The number of aliphatic hydroxyl groups is 1. The van der Waals surface area contributed by atoms with E-state index in [1.165, 1.54) is 11.8 Å². The maximum Gasteiger partial charge on any atom is 0.119 e. The van der Waals surface area contributed by atoms with Crippen LogP contribution in [0.1, 0.15) is 18.6 Å². The molecule has 0 aliphatic heterocycles. The highest BCUT2D eigenvalue weighted by atomic mass is 32.2. The molecule has 0 radical (unpaired) electrons. The molecule has 0 saturated carbocycles. The van der Waals surface area contributed by atoms with Crippen LogP contribution in [0.3, 0.4) is 0 Å². The fraction of sp³-hybridized carbons (Fsp3) is 0.167. The molecule has 0 fully saturated rings. The second-order valence-electron chi connectivity index (χ2n) is 3.36. The average molecular weight is 232 g/mol. The second kappa shape index (κ2) is 5.09. The summed E-state index contributed by atoms with van der Waals surface area (Å²) in [5, 5.41) is 10.5. The van der Waals surface area contributed by atoms with Gasteiger partial charge in [0.15, 0.2) is 0 Å². The standard InChI is InChI=1S/C12H12N2OS/c1-9(15)10-4-2-3-5-11(10)16-12-8-13-6-7-14-12/h2-9,15H,1H3/t9-/m0/s1. The summed E-state index contributed by atoms with van der Waals surface area (Å²) in [6, 6.07) is 7.76. The molecule has 1 aromatic heterocycles. The smallest absolute Gasteiger partial charge is 0.119 e. The zero-order chi connectivity index (χ0) is 11.4. The monoisotopic (exact) mass is 232 g/mol. The fourth-order valence-electron chi connectivity index (χ4n) is 1.37. The van der Waals surface area contributed by atoms with Crippen molar-refractivity contribution in [1.29, 1.82) is 0 Å². The lowest BCUT2D eigenvalue weighted by Gasteiger charge is -2.10. The van der Waals surface area contributed by atoms with Crippen LogP contribution in [-0.2, 0) is 0 Å². The number of nitrogens with zero attached hydrogens (tertiary/aromatic N) is 2. The Morgan fingerprint density at radius 3 is 2.75 bits per heavy atom. The molecule has 1 N–H and O–H groups in total. The molecule has 1 heterocycles. The van der Waals surface area contributed by atoms with Crippen LogP contribution in [0.25, 0.3) is 0 Å². The highest BCUT2D eigenvalue weighted by Crippen LogP contribution is 2.31. The van der Waals surface area contributed by atoms with E-state index in [1.807, 2.05) is 24.3 Å². The van der Waals surface area contributed by atoms with Gasteiger partial charge in [0.25, 0.3) is 0 Å². The minimum Gasteiger partial charge on any atom is -0.389 e. The van der Waals surface area contributed by atoms with Gasteiger partial charge in [0.1, 0.15) is 5.03 Å². The molecule has 0 amide bonds. The molecule has 82 valence electrons. The molecule has 0 aliphatic carbocycles. The zero-order valence-corrected chi connectivity index (χ0v) is 9.69. The van der Waals surface area contributed by atoms with E-state index in [9.17, 15) is 5.11 Å². The van der Waals surface area contributed by atoms with Crippen LogP contribution in [0.2, 0.25) is 0 Å². The number of aromatic nitrogens is 2. The number of benzene rings is 1. The Hall–Kier alpha value is -1.39. The summed E-state index contributed by atoms with van der Waals surface area (Å²) >= 11 is 1.51. The van der Waals surface area contributed by atoms with Crippen LogP contribution in [-0.4, -0.2) is 15.1 Å². The van der Waals surface area contributed by atoms with Crippen molar-refractivity contribution in [3.05, 3.63) is 48.4 Å². The first-order valence-corrected chi connectivity index (χ1v) is 5.80. The van der Waals surface area contributed by atoms with E-state index >= 15 is 0 Å². The van der Waals surface area contributed by atoms with Crippen LogP contribution in [0.4, 0.5) is 0 Å². The Bertz CT molecular complexity index is 460. The number of rotatable bonds is 3. The van der Waals surface area contributed by atoms with Gasteiger partial charge in [-0.2, -0.15) is 0 Å². The normalized spacial score (nSPS) is 12.4. The van der Waals surface area contributed by atoms with Gasteiger partial charge in [0.2, 0.25) is 0 Å². The predicted octanol–water partition coefficient (Wildman–Crippen LogP) is 2.68. The van der Waals surface area contributed by atoms with Crippen molar-refractivity contribution in [2.75, 3.05) is 0 Å². The van der Waals surface area contributed by atoms with Gasteiger partial charge in [-0.3, -0.25) is 4.98 Å². The maximum atomic E-state index is 9.63. The van der Waals surface area contributed by atoms with Gasteiger partial charge in [-0.1, -0.05) is 30.0 Å². The maximum absolute atomic E-state index is 9.63. The molecule has 0 aliphatic rings. The molecule has 0 unspecified atom stereocenters. The predicted molar refractivity (Wildman–Crippen MR) is 63.2 cm³/mol. The molecule has 1 aromatic carbocycles. The van der Waals surface area contributed by atoms with E-state index in [2.05, 4.69) is 9.97 Å². The molecule has 16 heavy (non-hydrogen) atoms. The van der Waals surface area contributed by atoms with Gasteiger partial charge >= 0.3 is 0 Å². The van der Waals surface area contributed by atoms with E-state index < -0.39 is 6.10 Å². The molecular weight excluding hydrogens is 220 g/mol. The number of aliphatic hydroxyl groups excluding tert-OH is 1. The van der Waals surface area contributed by atoms with Gasteiger partial charge < -0.3 is 5.11 Å². The summed E-state index contributed by atoms with van der Waals surface area (Å²) in [6.45, 7) is 1.76. The fourth-order valence-corrected chi connectivity index (χ4v) is 2.32. The third-order valence-corrected chi connectivity index (χ3v) is 3.13. The van der Waals surface area contributed by atoms with Gasteiger partial charge in [0.05, 0.1) is 12.3 Å². The first-order valence-electron chi connectivity index (χ1n) is 4.98. The summed E-state index contributed by atoms with van der Waals surface area (Å²) in [5.41, 5.74) is 0.915. The highest BCUT2D eigenvalue weighted by Gasteiger charge is 2.08. The SMILES string of the molecule is C[C@H](O)c1ccccc1Sc1cnccn1. The zero-order valence-electron chi connectivity index (χ0n) is 8.87. The topological polar surface area (TPSA) is 46.0 Å². The van der Waals surface area contributed by atoms with Gasteiger partial charge in [0, 0.05) is 17.3 Å². The van der Waals surface area contributed by atoms with Crippen molar-refractivity contribution in [2.24, 2.45) is 0 Å². The summed E-state index contributed by atoms with van der Waals surface area (Å²) < 4.78 is 0. The Morgan fingerprint density at radius 2 is 2.06 bits per heavy atom. The van der Waals surface area contributed by atoms with Crippen molar-refractivity contribution < 1.29 is 5.11 Å². The molecule has 1 atom stereocenters. The highest BCUT2D eigenvalue weighted by molar-refractivity contribution is 7.99. The molecular formula is C12H12N2OS. The lowest BCUT2D eigenvalue weighted by atomic mass is 10.1. The van der Waals surface area contributed by atoms with Crippen molar-refractivity contribution in [3.8, 4) is 0 Å². The van der Waals surface area contributed by atoms with E-state index in [-0.39, 0.29) is 0 Å². The molecule has 0 bridgehead atoms. The Balaban J connectivity index is 2.28. The van der Waals surface area contributed by atoms with Gasteiger partial charge in [-0.15, -0.1) is 0 Å². The molecule has 2 aromatic rings. The first kappa shape index (κ1) is 11.1. The lowest BCUT2D eigenvalue weighted by molar-refractivity contribution is 0.196. The molecule has 0 saturated heterocycles. The molecule has 2 rings (SSSR count). The van der Waals surface area contributed by atoms with Crippen molar-refractivity contribution in [1.82, 2.24) is 9.97 Å². The quantitative estimate of drug-likeness (QED) is 0.883. The van der Waals surface area contributed by atoms with Crippen LogP contribution in [0, 0.1) is 0 Å². The second-order valence-corrected chi connectivity index (χ2v) is 4.42. The minimum atomic E-state index is -0.472. The Labute approximate surface area is 98.6 Å². The number of hydrogen-bond acceptors (Lipinski definition) is 4. The summed E-state index contributed by atoms with van der Waals surface area (Å²) in [5.74, 6) is 0. The third kappa shape index (κ3) is 2.59. The minimum absolute atomic E-state index is 0.472. The van der Waals surface area contributed by atoms with Crippen LogP contribution < -0.4 is 0 Å². The van der Waals surface area contributed by atoms with Gasteiger partial charge in [-0.25, -0.2) is 4.98 Å². The number of hydrogen-bond donors (Lipinski definition) is 1. The summed E-state index contributed by atoms with van der Waals surface area (Å²) in [6.07, 6.45) is 4.54. The molecule has 3 nitrogen and oxygen atoms in total. The third-order valence-electron chi connectivity index (χ3n) is 2.12. The average Bonchev–Trinajstić information content (AvgIpc) is 2.31. The van der Waals surface area contributed by atoms with Crippen LogP contribution in [0.15, 0.2) is 52.8 Å². The van der Waals surface area contributed by atoms with Crippen LogP contribution in [0.5, 0.6) is 0 Å². The van der Waals surface area contributed by atoms with Crippen LogP contribution >= 0.6 is 11.8 Å². The van der Waals surface area contributed by atoms with E-state index in [1.54, 1.807) is 25.5 Å². The first-order chi connectivity index (χ1) is 7.77. The lowest BCUT2D eigenvalue weighted by Crippen LogP contribution is -1.93. The molecule has 0 spiro atoms. The van der Waals surface area contributed by atoms with Crippen molar-refractivity contribution >= 4 is 11.8 Å². The Kier molecular flexibility index (Phi) is 3.54. The summed E-state index contributed by atoms with van der Waals surface area (Å²) in [7, 11) is 0. The van der Waals surface area contributed by atoms with E-state index in [0.717, 1.165) is 15.5 Å². The summed E-state index contributed by atoms with van der Waals surface area (Å²) in [4.78, 5) is 9.21. The van der Waals surface area contributed by atoms with E-state index in [0.29, 0.717) is 0 Å². The van der Waals surface area contributed by atoms with Crippen molar-refractivity contribution in [3.63, 3.8) is 0 Å².